The van der Waals surface area contributed by atoms with Crippen molar-refractivity contribution in [3.8, 4) is 0 Å². The van der Waals surface area contributed by atoms with Crippen LogP contribution in [0.5, 0.6) is 0 Å². The number of hydrogen-bond donors (Lipinski definition) is 1. The second kappa shape index (κ2) is 5.00. The highest BCUT2D eigenvalue weighted by Gasteiger charge is 2.33. The number of carboxylic acid groups (broad SMARTS) is 1. The minimum atomic E-state index is -0.909. The van der Waals surface area contributed by atoms with Gasteiger partial charge in [0.2, 0.25) is 5.91 Å². The molecule has 1 fully saturated rings. The lowest BCUT2D eigenvalue weighted by molar-refractivity contribution is -0.148. The highest BCUT2D eigenvalue weighted by atomic mass is 16.4. The molecule has 0 aliphatic carbocycles. The van der Waals surface area contributed by atoms with Crippen molar-refractivity contribution in [1.82, 2.24) is 9.47 Å². The summed E-state index contributed by atoms with van der Waals surface area (Å²) in [7, 11) is 0. The molecule has 1 N–H and O–H groups in total. The SMILES string of the molecule is O=C(O)C1CCCN1C(=O)Cn1ccc2ccccc21. The van der Waals surface area contributed by atoms with Crippen molar-refractivity contribution in [2.24, 2.45) is 0 Å². The fourth-order valence-electron chi connectivity index (χ4n) is 2.84. The molecule has 5 nitrogen and oxygen atoms in total. The van der Waals surface area contributed by atoms with Crippen LogP contribution in [0, 0.1) is 0 Å². The number of para-hydroxylation sites is 1. The van der Waals surface area contributed by atoms with E-state index in [1.54, 1.807) is 0 Å². The standard InChI is InChI=1S/C15H16N2O3/c18-14(17-8-3-6-13(17)15(19)20)10-16-9-7-11-4-1-2-5-12(11)16/h1-2,4-5,7,9,13H,3,6,8,10H2,(H,19,20). The zero-order valence-corrected chi connectivity index (χ0v) is 11.0. The molecule has 104 valence electrons. The fourth-order valence-corrected chi connectivity index (χ4v) is 2.84. The first kappa shape index (κ1) is 12.7. The molecule has 3 rings (SSSR count). The van der Waals surface area contributed by atoms with Gasteiger partial charge in [-0.2, -0.15) is 0 Å². The average Bonchev–Trinajstić information content (AvgIpc) is 3.06. The third kappa shape index (κ3) is 2.15. The summed E-state index contributed by atoms with van der Waals surface area (Å²) in [4.78, 5) is 24.9. The number of rotatable bonds is 3. The Balaban J connectivity index is 1.80. The molecule has 1 aliphatic heterocycles. The number of amides is 1. The number of carboxylic acids is 1. The van der Waals surface area contributed by atoms with Crippen molar-refractivity contribution in [3.05, 3.63) is 36.5 Å². The first-order valence-corrected chi connectivity index (χ1v) is 6.73. The van der Waals surface area contributed by atoms with Gasteiger partial charge in [-0.15, -0.1) is 0 Å². The van der Waals surface area contributed by atoms with Crippen LogP contribution in [0.2, 0.25) is 0 Å². The molecule has 1 unspecified atom stereocenters. The Hall–Kier alpha value is -2.30. The number of fused-ring (bicyclic) bond motifs is 1. The lowest BCUT2D eigenvalue weighted by atomic mass is 10.2. The number of benzene rings is 1. The van der Waals surface area contributed by atoms with Crippen molar-refractivity contribution < 1.29 is 14.7 Å². The first-order chi connectivity index (χ1) is 9.66. The summed E-state index contributed by atoms with van der Waals surface area (Å²) in [5.74, 6) is -1.04. The first-order valence-electron chi connectivity index (χ1n) is 6.73. The third-order valence-electron chi connectivity index (χ3n) is 3.84. The molecule has 1 atom stereocenters. The van der Waals surface area contributed by atoms with Crippen LogP contribution in [0.1, 0.15) is 12.8 Å². The number of nitrogens with zero attached hydrogens (tertiary/aromatic N) is 2. The van der Waals surface area contributed by atoms with Gasteiger partial charge >= 0.3 is 5.97 Å². The molecule has 0 radical (unpaired) electrons. The summed E-state index contributed by atoms with van der Waals surface area (Å²) in [6, 6.07) is 9.13. The molecule has 5 heteroatoms. The molecule has 1 aliphatic rings. The largest absolute Gasteiger partial charge is 0.480 e. The molecule has 1 aromatic heterocycles. The molecule has 2 heterocycles. The molecule has 0 saturated carbocycles. The molecular weight excluding hydrogens is 256 g/mol. The predicted molar refractivity (Wildman–Crippen MR) is 74.3 cm³/mol. The van der Waals surface area contributed by atoms with Crippen molar-refractivity contribution in [1.29, 1.82) is 0 Å². The minimum absolute atomic E-state index is 0.128. The summed E-state index contributed by atoms with van der Waals surface area (Å²) >= 11 is 0. The van der Waals surface area contributed by atoms with Gasteiger partial charge in [0.1, 0.15) is 12.6 Å². The van der Waals surface area contributed by atoms with Crippen LogP contribution in [-0.2, 0) is 16.1 Å². The van der Waals surface area contributed by atoms with Crippen LogP contribution in [0.15, 0.2) is 36.5 Å². The number of hydrogen-bond acceptors (Lipinski definition) is 2. The van der Waals surface area contributed by atoms with E-state index in [-0.39, 0.29) is 12.5 Å². The zero-order chi connectivity index (χ0) is 14.1. The summed E-state index contributed by atoms with van der Waals surface area (Å²) in [5.41, 5.74) is 0.993. The second-order valence-corrected chi connectivity index (χ2v) is 5.09. The van der Waals surface area contributed by atoms with Gasteiger partial charge in [0.05, 0.1) is 0 Å². The summed E-state index contributed by atoms with van der Waals surface area (Å²) in [6.45, 7) is 0.728. The normalized spacial score (nSPS) is 18.6. The molecule has 1 aromatic carbocycles. The van der Waals surface area contributed by atoms with Crippen LogP contribution in [0.25, 0.3) is 10.9 Å². The number of carbonyl (C=O) groups excluding carboxylic acids is 1. The molecule has 0 spiro atoms. The fraction of sp³-hybridized carbons (Fsp3) is 0.333. The topological polar surface area (TPSA) is 62.5 Å². The smallest absolute Gasteiger partial charge is 0.326 e. The van der Waals surface area contributed by atoms with Crippen molar-refractivity contribution >= 4 is 22.8 Å². The maximum Gasteiger partial charge on any atom is 0.326 e. The molecule has 0 bridgehead atoms. The van der Waals surface area contributed by atoms with E-state index >= 15 is 0 Å². The maximum atomic E-state index is 12.3. The van der Waals surface area contributed by atoms with E-state index in [0.717, 1.165) is 17.3 Å². The molecule has 1 amide bonds. The summed E-state index contributed by atoms with van der Waals surface area (Å²) in [5, 5.41) is 10.2. The molecule has 1 saturated heterocycles. The van der Waals surface area contributed by atoms with E-state index < -0.39 is 12.0 Å². The maximum absolute atomic E-state index is 12.3. The number of carbonyl (C=O) groups is 2. The Morgan fingerprint density at radius 2 is 2.05 bits per heavy atom. The van der Waals surface area contributed by atoms with E-state index in [1.165, 1.54) is 4.90 Å². The quantitative estimate of drug-likeness (QED) is 0.925. The Morgan fingerprint density at radius 3 is 2.85 bits per heavy atom. The van der Waals surface area contributed by atoms with Crippen molar-refractivity contribution in [3.63, 3.8) is 0 Å². The van der Waals surface area contributed by atoms with Gasteiger partial charge in [-0.1, -0.05) is 18.2 Å². The Labute approximate surface area is 116 Å². The van der Waals surface area contributed by atoms with Crippen molar-refractivity contribution in [2.45, 2.75) is 25.4 Å². The van der Waals surface area contributed by atoms with E-state index in [4.69, 9.17) is 5.11 Å². The summed E-state index contributed by atoms with van der Waals surface area (Å²) < 4.78 is 1.87. The molecule has 2 aromatic rings. The van der Waals surface area contributed by atoms with E-state index in [0.29, 0.717) is 13.0 Å². The lowest BCUT2D eigenvalue weighted by Crippen LogP contribution is -2.41. The Bertz CT molecular complexity index is 662. The monoisotopic (exact) mass is 272 g/mol. The van der Waals surface area contributed by atoms with Crippen LogP contribution >= 0.6 is 0 Å². The minimum Gasteiger partial charge on any atom is -0.480 e. The van der Waals surface area contributed by atoms with Gasteiger partial charge in [0.25, 0.3) is 0 Å². The van der Waals surface area contributed by atoms with E-state index in [2.05, 4.69) is 0 Å². The number of aromatic nitrogens is 1. The van der Waals surface area contributed by atoms with Crippen LogP contribution in [-0.4, -0.2) is 39.0 Å². The van der Waals surface area contributed by atoms with Gasteiger partial charge in [-0.3, -0.25) is 4.79 Å². The van der Waals surface area contributed by atoms with Crippen molar-refractivity contribution in [2.75, 3.05) is 6.54 Å². The highest BCUT2D eigenvalue weighted by Crippen LogP contribution is 2.20. The zero-order valence-electron chi connectivity index (χ0n) is 11.0. The van der Waals surface area contributed by atoms with E-state index in [9.17, 15) is 9.59 Å². The number of aliphatic carboxylic acids is 1. The predicted octanol–water partition coefficient (Wildman–Crippen LogP) is 1.72. The lowest BCUT2D eigenvalue weighted by Gasteiger charge is -2.21. The van der Waals surface area contributed by atoms with Gasteiger partial charge in [-0.25, -0.2) is 4.79 Å². The van der Waals surface area contributed by atoms with Gasteiger partial charge in [0.15, 0.2) is 0 Å². The van der Waals surface area contributed by atoms with E-state index in [1.807, 2.05) is 41.1 Å². The molecular formula is C15H16N2O3. The second-order valence-electron chi connectivity index (χ2n) is 5.09. The van der Waals surface area contributed by atoms with Crippen LogP contribution in [0.4, 0.5) is 0 Å². The van der Waals surface area contributed by atoms with Gasteiger partial charge in [0, 0.05) is 18.3 Å². The molecule has 20 heavy (non-hydrogen) atoms. The Morgan fingerprint density at radius 1 is 1.25 bits per heavy atom. The van der Waals surface area contributed by atoms with Gasteiger partial charge in [-0.05, 0) is 30.4 Å². The summed E-state index contributed by atoms with van der Waals surface area (Å²) in [6.07, 6.45) is 3.18. The van der Waals surface area contributed by atoms with Crippen LogP contribution < -0.4 is 0 Å². The Kier molecular flexibility index (Phi) is 3.18. The van der Waals surface area contributed by atoms with Crippen LogP contribution in [0.3, 0.4) is 0 Å². The average molecular weight is 272 g/mol. The van der Waals surface area contributed by atoms with Gasteiger partial charge < -0.3 is 14.6 Å². The number of likely N-dealkylation sites (tertiary alicyclic amines) is 1. The third-order valence-corrected chi connectivity index (χ3v) is 3.84. The highest BCUT2D eigenvalue weighted by molar-refractivity contribution is 5.86.